The van der Waals surface area contributed by atoms with E-state index in [0.717, 1.165) is 11.1 Å². The Bertz CT molecular complexity index is 911. The number of nitrogens with zero attached hydrogens (tertiary/aromatic N) is 2. The van der Waals surface area contributed by atoms with E-state index < -0.39 is 32.5 Å². The maximum atomic E-state index is 13.3. The summed E-state index contributed by atoms with van der Waals surface area (Å²) in [5, 5.41) is 6.43. The molecule has 0 aromatic heterocycles. The number of sulfone groups is 1. The van der Waals surface area contributed by atoms with Crippen LogP contribution in [0.25, 0.3) is 0 Å². The number of fused-ring (bicyclic) bond motifs is 3. The lowest BCUT2D eigenvalue weighted by atomic mass is 9.98. The van der Waals surface area contributed by atoms with Gasteiger partial charge in [0.2, 0.25) is 0 Å². The Morgan fingerprint density at radius 1 is 0.680 bits per heavy atom. The summed E-state index contributed by atoms with van der Waals surface area (Å²) in [7, 11) is -3.61. The van der Waals surface area contributed by atoms with Gasteiger partial charge in [0.1, 0.15) is 11.4 Å². The van der Waals surface area contributed by atoms with Gasteiger partial charge in [-0.2, -0.15) is 0 Å². The molecule has 0 N–H and O–H groups in total. The molecule has 0 amide bonds. The molecule has 1 fully saturated rings. The van der Waals surface area contributed by atoms with Crippen molar-refractivity contribution < 1.29 is 18.1 Å². The molecule has 4 atom stereocenters. The highest BCUT2D eigenvalue weighted by atomic mass is 32.2. The topological polar surface area (TPSA) is 77.3 Å². The van der Waals surface area contributed by atoms with Gasteiger partial charge in [-0.25, -0.2) is 8.42 Å². The lowest BCUT2D eigenvalue weighted by Crippen LogP contribution is -2.35. The first-order valence-corrected chi connectivity index (χ1v) is 9.60. The highest BCUT2D eigenvalue weighted by Gasteiger charge is 2.66. The Labute approximate surface area is 144 Å². The molecular formula is C18H14N2O4S. The smallest absolute Gasteiger partial charge is 0.191 e. The molecular weight excluding hydrogens is 340 g/mol. The molecule has 5 rings (SSSR count). The van der Waals surface area contributed by atoms with E-state index in [1.165, 1.54) is 0 Å². The monoisotopic (exact) mass is 354 g/mol. The Hall–Kier alpha value is -2.67. The predicted octanol–water partition coefficient (Wildman–Crippen LogP) is 1.76. The standard InChI is InChI=1S/C18H14N2O4S/c21-25(22)17-13(11-7-3-1-4-8-11)19-23-15(17)16-18(25)14(20-24-16)12-9-5-2-6-10-12/h1-10,15-18H/t15-,16+,17-,18+. The summed E-state index contributed by atoms with van der Waals surface area (Å²) < 4.78 is 26.6. The van der Waals surface area contributed by atoms with Crippen molar-refractivity contribution in [2.75, 3.05) is 0 Å². The van der Waals surface area contributed by atoms with Crippen molar-refractivity contribution in [1.29, 1.82) is 0 Å². The molecule has 6 nitrogen and oxygen atoms in total. The third-order valence-electron chi connectivity index (χ3n) is 4.85. The second kappa shape index (κ2) is 5.16. The first-order valence-electron chi connectivity index (χ1n) is 7.99. The average Bonchev–Trinajstić information content (AvgIpc) is 3.32. The van der Waals surface area contributed by atoms with Crippen LogP contribution in [-0.2, 0) is 19.5 Å². The number of hydrogen-bond acceptors (Lipinski definition) is 6. The third kappa shape index (κ3) is 1.99. The van der Waals surface area contributed by atoms with E-state index in [2.05, 4.69) is 10.3 Å². The first kappa shape index (κ1) is 14.7. The lowest BCUT2D eigenvalue weighted by molar-refractivity contribution is -0.0332. The van der Waals surface area contributed by atoms with Gasteiger partial charge in [-0.15, -0.1) is 0 Å². The molecule has 3 aliphatic heterocycles. The minimum absolute atomic E-state index is 0.441. The van der Waals surface area contributed by atoms with Crippen LogP contribution in [0, 0.1) is 0 Å². The van der Waals surface area contributed by atoms with E-state index in [4.69, 9.17) is 9.68 Å². The minimum Gasteiger partial charge on any atom is -0.386 e. The maximum absolute atomic E-state index is 13.3. The molecule has 0 saturated carbocycles. The number of oxime groups is 2. The molecule has 0 spiro atoms. The fourth-order valence-corrected chi connectivity index (χ4v) is 6.17. The summed E-state index contributed by atoms with van der Waals surface area (Å²) in [6, 6.07) is 18.5. The minimum atomic E-state index is -3.61. The highest BCUT2D eigenvalue weighted by Crippen LogP contribution is 2.42. The Balaban J connectivity index is 1.57. The molecule has 3 heterocycles. The van der Waals surface area contributed by atoms with Crippen LogP contribution in [0.5, 0.6) is 0 Å². The van der Waals surface area contributed by atoms with Crippen molar-refractivity contribution in [1.82, 2.24) is 0 Å². The van der Waals surface area contributed by atoms with Crippen LogP contribution in [0.1, 0.15) is 11.1 Å². The summed E-state index contributed by atoms with van der Waals surface area (Å²) in [6.07, 6.45) is -1.34. The van der Waals surface area contributed by atoms with Crippen molar-refractivity contribution in [3.63, 3.8) is 0 Å². The Morgan fingerprint density at radius 3 is 1.48 bits per heavy atom. The molecule has 0 aliphatic carbocycles. The van der Waals surface area contributed by atoms with Gasteiger partial charge in [-0.05, 0) is 0 Å². The van der Waals surface area contributed by atoms with E-state index in [-0.39, 0.29) is 0 Å². The van der Waals surface area contributed by atoms with E-state index in [9.17, 15) is 8.42 Å². The first-order chi connectivity index (χ1) is 12.2. The van der Waals surface area contributed by atoms with Gasteiger partial charge in [0.05, 0.1) is 0 Å². The van der Waals surface area contributed by atoms with Crippen LogP contribution in [0.3, 0.4) is 0 Å². The molecule has 0 bridgehead atoms. The second-order valence-corrected chi connectivity index (χ2v) is 8.45. The zero-order valence-electron chi connectivity index (χ0n) is 13.0. The van der Waals surface area contributed by atoms with Gasteiger partial charge < -0.3 is 9.68 Å². The van der Waals surface area contributed by atoms with E-state index in [1.54, 1.807) is 0 Å². The molecule has 2 aromatic carbocycles. The Morgan fingerprint density at radius 2 is 1.08 bits per heavy atom. The molecule has 3 aliphatic rings. The summed E-state index contributed by atoms with van der Waals surface area (Å²) in [5.74, 6) is 0. The fraction of sp³-hybridized carbons (Fsp3) is 0.222. The number of benzene rings is 2. The van der Waals surface area contributed by atoms with Crippen LogP contribution in [0.15, 0.2) is 71.0 Å². The van der Waals surface area contributed by atoms with Crippen molar-refractivity contribution in [2.45, 2.75) is 22.7 Å². The molecule has 7 heteroatoms. The maximum Gasteiger partial charge on any atom is 0.191 e. The summed E-state index contributed by atoms with van der Waals surface area (Å²) in [6.45, 7) is 0. The van der Waals surface area contributed by atoms with Crippen LogP contribution in [0.2, 0.25) is 0 Å². The van der Waals surface area contributed by atoms with Crippen molar-refractivity contribution in [2.24, 2.45) is 10.3 Å². The van der Waals surface area contributed by atoms with Crippen molar-refractivity contribution >= 4 is 21.3 Å². The third-order valence-corrected chi connectivity index (χ3v) is 7.25. The molecule has 0 radical (unpaired) electrons. The molecule has 0 unspecified atom stereocenters. The predicted molar refractivity (Wildman–Crippen MR) is 92.2 cm³/mol. The SMILES string of the molecule is O=S1(=O)[C@@H]2C(c3ccccc3)=NO[C@@H]2[C@@H]2ON=C(c3ccccc3)[C@@H]21. The van der Waals surface area contributed by atoms with Crippen molar-refractivity contribution in [3.8, 4) is 0 Å². The van der Waals surface area contributed by atoms with E-state index in [1.807, 2.05) is 60.7 Å². The fourth-order valence-electron chi connectivity index (χ4n) is 3.72. The number of rotatable bonds is 2. The van der Waals surface area contributed by atoms with E-state index >= 15 is 0 Å². The lowest BCUT2D eigenvalue weighted by Gasteiger charge is -2.12. The van der Waals surface area contributed by atoms with Gasteiger partial charge in [0.25, 0.3) is 0 Å². The molecule has 25 heavy (non-hydrogen) atoms. The van der Waals surface area contributed by atoms with E-state index in [0.29, 0.717) is 11.4 Å². The largest absolute Gasteiger partial charge is 0.386 e. The summed E-state index contributed by atoms with van der Waals surface area (Å²) >= 11 is 0. The van der Waals surface area contributed by atoms with Gasteiger partial charge >= 0.3 is 0 Å². The van der Waals surface area contributed by atoms with Crippen LogP contribution in [-0.4, -0.2) is 42.5 Å². The van der Waals surface area contributed by atoms with Crippen LogP contribution < -0.4 is 0 Å². The van der Waals surface area contributed by atoms with Crippen molar-refractivity contribution in [3.05, 3.63) is 71.8 Å². The van der Waals surface area contributed by atoms with Gasteiger partial charge in [0.15, 0.2) is 32.5 Å². The second-order valence-electron chi connectivity index (χ2n) is 6.26. The quantitative estimate of drug-likeness (QED) is 0.823. The van der Waals surface area contributed by atoms with Gasteiger partial charge in [0, 0.05) is 11.1 Å². The van der Waals surface area contributed by atoms with Crippen LogP contribution >= 0.6 is 0 Å². The van der Waals surface area contributed by atoms with Crippen LogP contribution in [0.4, 0.5) is 0 Å². The summed E-state index contributed by atoms with van der Waals surface area (Å²) in [4.78, 5) is 11.0. The highest BCUT2D eigenvalue weighted by molar-refractivity contribution is 7.94. The van der Waals surface area contributed by atoms with Gasteiger partial charge in [-0.1, -0.05) is 71.0 Å². The molecule has 1 saturated heterocycles. The molecule has 2 aromatic rings. The Kier molecular flexibility index (Phi) is 3.03. The average molecular weight is 354 g/mol. The number of hydrogen-bond donors (Lipinski definition) is 0. The summed E-state index contributed by atoms with van der Waals surface area (Å²) in [5.41, 5.74) is 2.38. The zero-order valence-corrected chi connectivity index (χ0v) is 13.8. The normalized spacial score (nSPS) is 31.4. The zero-order chi connectivity index (χ0) is 17.0. The molecule has 126 valence electrons. The van der Waals surface area contributed by atoms with Gasteiger partial charge in [-0.3, -0.25) is 0 Å².